The lowest BCUT2D eigenvalue weighted by molar-refractivity contribution is 1.44. The van der Waals surface area contributed by atoms with Crippen LogP contribution in [-0.4, -0.2) is 4.98 Å². The molecule has 55 heavy (non-hydrogen) atoms. The van der Waals surface area contributed by atoms with Crippen molar-refractivity contribution in [2.45, 2.75) is 6.92 Å². The molecule has 0 N–H and O–H groups in total. The van der Waals surface area contributed by atoms with Crippen LogP contribution in [0.2, 0.25) is 0 Å². The van der Waals surface area contributed by atoms with Crippen LogP contribution in [0.4, 0.5) is 0 Å². The van der Waals surface area contributed by atoms with Crippen LogP contribution in [0.25, 0.3) is 105 Å². The first-order valence-corrected chi connectivity index (χ1v) is 18.9. The number of fused-ring (bicyclic) bond motifs is 7. The Balaban J connectivity index is 1.25. The van der Waals surface area contributed by atoms with Crippen LogP contribution in [-0.2, 0) is 0 Å². The van der Waals surface area contributed by atoms with E-state index in [0.29, 0.717) is 0 Å². The van der Waals surface area contributed by atoms with Gasteiger partial charge in [0.05, 0.1) is 11.0 Å². The van der Waals surface area contributed by atoms with Crippen LogP contribution in [0.1, 0.15) is 11.1 Å². The van der Waals surface area contributed by atoms with Crippen molar-refractivity contribution in [3.8, 4) is 44.5 Å². The Morgan fingerprint density at radius 2 is 0.927 bits per heavy atom. The normalized spacial score (nSPS) is 11.7. The van der Waals surface area contributed by atoms with Crippen molar-refractivity contribution in [1.82, 2.24) is 4.98 Å². The fraction of sp³-hybridized carbons (Fsp3) is 0.0185. The molecule has 0 radical (unpaired) electrons. The maximum atomic E-state index is 5.44. The number of hydrogen-bond acceptors (Lipinski definition) is 1. The van der Waals surface area contributed by atoms with Crippen molar-refractivity contribution >= 4 is 60.2 Å². The Bertz CT molecular complexity index is 3080. The van der Waals surface area contributed by atoms with E-state index in [9.17, 15) is 0 Å². The van der Waals surface area contributed by atoms with Gasteiger partial charge in [-0.05, 0) is 103 Å². The molecule has 0 fully saturated rings. The molecule has 1 heteroatoms. The number of rotatable bonds is 6. The van der Waals surface area contributed by atoms with Crippen LogP contribution >= 0.6 is 0 Å². The molecule has 1 nitrogen and oxygen atoms in total. The second-order valence-corrected chi connectivity index (χ2v) is 14.4. The minimum Gasteiger partial charge on any atom is -0.246 e. The van der Waals surface area contributed by atoms with Gasteiger partial charge in [-0.3, -0.25) is 0 Å². The summed E-state index contributed by atoms with van der Waals surface area (Å²) in [4.78, 5) is 5.44. The van der Waals surface area contributed by atoms with Gasteiger partial charge in [0.25, 0.3) is 0 Å². The van der Waals surface area contributed by atoms with Gasteiger partial charge in [0.2, 0.25) is 0 Å². The molecule has 0 aliphatic heterocycles. The summed E-state index contributed by atoms with van der Waals surface area (Å²) in [6.45, 7) is 6.14. The molecule has 0 spiro atoms. The van der Waals surface area contributed by atoms with E-state index >= 15 is 0 Å². The summed E-state index contributed by atoms with van der Waals surface area (Å²) in [7, 11) is 0. The van der Waals surface area contributed by atoms with Gasteiger partial charge in [-0.1, -0.05) is 176 Å². The van der Waals surface area contributed by atoms with Gasteiger partial charge < -0.3 is 0 Å². The Morgan fingerprint density at radius 3 is 1.62 bits per heavy atom. The van der Waals surface area contributed by atoms with E-state index in [2.05, 4.69) is 196 Å². The fourth-order valence-corrected chi connectivity index (χ4v) is 8.48. The molecule has 0 saturated heterocycles. The standard InChI is InChI=1S/C54H37N/c1-3-4-21-44-35(2)14-11-25-46(44)42-32-41(33-43(34-42)47-26-13-18-36-15-5-8-22-45(36)47)39-19-12-20-40(31-39)52-50-29-27-37-16-6-9-23-48(37)53(50)55-54-49-24-10-7-17-38(49)28-30-51(52)54/h3-34H,1H2,2H3/b21-4-. The molecule has 0 bridgehead atoms. The lowest BCUT2D eigenvalue weighted by atomic mass is 9.87. The van der Waals surface area contributed by atoms with Crippen molar-refractivity contribution < 1.29 is 0 Å². The molecule has 0 saturated carbocycles. The average molecular weight is 700 g/mol. The second kappa shape index (κ2) is 13.4. The van der Waals surface area contributed by atoms with Crippen LogP contribution < -0.4 is 0 Å². The Kier molecular flexibility index (Phi) is 7.93. The quantitative estimate of drug-likeness (QED) is 0.0956. The van der Waals surface area contributed by atoms with Crippen LogP contribution in [0.15, 0.2) is 195 Å². The minimum absolute atomic E-state index is 1.03. The summed E-state index contributed by atoms with van der Waals surface area (Å²) in [6.07, 6.45) is 6.05. The molecule has 258 valence electrons. The predicted octanol–water partition coefficient (Wildman–Crippen LogP) is 15.0. The summed E-state index contributed by atoms with van der Waals surface area (Å²) in [6, 6.07) is 64.2. The van der Waals surface area contributed by atoms with Crippen molar-refractivity contribution in [3.05, 3.63) is 206 Å². The number of aromatic nitrogens is 1. The summed E-state index contributed by atoms with van der Waals surface area (Å²) < 4.78 is 0. The Labute approximate surface area is 321 Å². The molecule has 10 aromatic rings. The molecule has 9 aromatic carbocycles. The Morgan fingerprint density at radius 1 is 0.418 bits per heavy atom. The monoisotopic (exact) mass is 699 g/mol. The summed E-state index contributed by atoms with van der Waals surface area (Å²) in [5, 5.41) is 9.50. The lowest BCUT2D eigenvalue weighted by Crippen LogP contribution is -1.93. The summed E-state index contributed by atoms with van der Waals surface area (Å²) in [5.41, 5.74) is 14.0. The van der Waals surface area contributed by atoms with E-state index in [1.54, 1.807) is 0 Å². The minimum atomic E-state index is 1.03. The maximum absolute atomic E-state index is 5.44. The van der Waals surface area contributed by atoms with Crippen LogP contribution in [0, 0.1) is 6.92 Å². The van der Waals surface area contributed by atoms with Gasteiger partial charge in [-0.25, -0.2) is 4.98 Å². The number of allylic oxidation sites excluding steroid dienone is 2. The average Bonchev–Trinajstić information content (AvgIpc) is 3.24. The van der Waals surface area contributed by atoms with Gasteiger partial charge in [0.1, 0.15) is 0 Å². The molecule has 0 unspecified atom stereocenters. The topological polar surface area (TPSA) is 12.9 Å². The van der Waals surface area contributed by atoms with Crippen molar-refractivity contribution in [3.63, 3.8) is 0 Å². The van der Waals surface area contributed by atoms with Gasteiger partial charge >= 0.3 is 0 Å². The van der Waals surface area contributed by atoms with E-state index in [-0.39, 0.29) is 0 Å². The molecule has 10 rings (SSSR count). The molecular formula is C54H37N. The SMILES string of the molecule is C=C/C=C\c1c(C)cccc1-c1cc(-c2cccc(-c3c4ccc5ccccc5c4nc4c3ccc3ccccc34)c2)cc(-c2cccc3ccccc23)c1. The third-order valence-electron chi connectivity index (χ3n) is 11.1. The number of hydrogen-bond donors (Lipinski definition) is 0. The zero-order valence-corrected chi connectivity index (χ0v) is 30.6. The summed E-state index contributed by atoms with van der Waals surface area (Å²) in [5.74, 6) is 0. The third-order valence-corrected chi connectivity index (χ3v) is 11.1. The number of aryl methyl sites for hydroxylation is 1. The van der Waals surface area contributed by atoms with Crippen molar-refractivity contribution in [2.24, 2.45) is 0 Å². The first-order chi connectivity index (χ1) is 27.1. The molecule has 1 aromatic heterocycles. The van der Waals surface area contributed by atoms with Crippen LogP contribution in [0.3, 0.4) is 0 Å². The number of nitrogens with zero attached hydrogens (tertiary/aromatic N) is 1. The van der Waals surface area contributed by atoms with Gasteiger partial charge in [0.15, 0.2) is 0 Å². The molecule has 0 aliphatic rings. The van der Waals surface area contributed by atoms with E-state index in [0.717, 1.165) is 27.4 Å². The fourth-order valence-electron chi connectivity index (χ4n) is 8.48. The summed E-state index contributed by atoms with van der Waals surface area (Å²) >= 11 is 0. The molecule has 0 atom stereocenters. The van der Waals surface area contributed by atoms with Gasteiger partial charge in [-0.2, -0.15) is 0 Å². The van der Waals surface area contributed by atoms with E-state index in [1.807, 2.05) is 12.2 Å². The molecular weight excluding hydrogens is 663 g/mol. The number of benzene rings is 9. The Hall–Kier alpha value is -7.09. The van der Waals surface area contributed by atoms with Crippen molar-refractivity contribution in [2.75, 3.05) is 0 Å². The smallest absolute Gasteiger partial charge is 0.0794 e. The molecule has 0 aliphatic carbocycles. The lowest BCUT2D eigenvalue weighted by Gasteiger charge is -2.17. The zero-order valence-electron chi connectivity index (χ0n) is 30.6. The van der Waals surface area contributed by atoms with Gasteiger partial charge in [-0.15, -0.1) is 0 Å². The number of pyridine rings is 1. The van der Waals surface area contributed by atoms with Crippen LogP contribution in [0.5, 0.6) is 0 Å². The van der Waals surface area contributed by atoms with Gasteiger partial charge in [0, 0.05) is 27.1 Å². The first kappa shape index (κ1) is 32.6. The maximum Gasteiger partial charge on any atom is 0.0794 e. The molecule has 1 heterocycles. The largest absolute Gasteiger partial charge is 0.246 e. The highest BCUT2D eigenvalue weighted by Gasteiger charge is 2.17. The van der Waals surface area contributed by atoms with E-state index < -0.39 is 0 Å². The van der Waals surface area contributed by atoms with E-state index in [1.165, 1.54) is 82.4 Å². The predicted molar refractivity (Wildman–Crippen MR) is 237 cm³/mol. The zero-order chi connectivity index (χ0) is 36.9. The van der Waals surface area contributed by atoms with Crippen molar-refractivity contribution in [1.29, 1.82) is 0 Å². The highest BCUT2D eigenvalue weighted by atomic mass is 14.7. The molecule has 0 amide bonds. The first-order valence-electron chi connectivity index (χ1n) is 18.9. The highest BCUT2D eigenvalue weighted by molar-refractivity contribution is 6.21. The highest BCUT2D eigenvalue weighted by Crippen LogP contribution is 2.42. The third kappa shape index (κ3) is 5.61. The van der Waals surface area contributed by atoms with E-state index in [4.69, 9.17) is 4.98 Å². The second-order valence-electron chi connectivity index (χ2n) is 14.4.